The average molecular weight is 389 g/mol. The summed E-state index contributed by atoms with van der Waals surface area (Å²) in [5.41, 5.74) is 6.69. The number of nitrogens with zero attached hydrogens (tertiary/aromatic N) is 1. The van der Waals surface area contributed by atoms with Crippen molar-refractivity contribution in [2.24, 2.45) is 5.73 Å². The Morgan fingerprint density at radius 2 is 1.93 bits per heavy atom. The van der Waals surface area contributed by atoms with E-state index in [1.807, 2.05) is 18.2 Å². The molecule has 0 saturated heterocycles. The summed E-state index contributed by atoms with van der Waals surface area (Å²) in [5, 5.41) is 0.623. The zero-order valence-corrected chi connectivity index (χ0v) is 15.9. The standard InChI is InChI=1S/C20H21ClN2O4/c1-23(12-15-5-3-4-6-16(15)21)20(25)10-8-14-7-9-17(18(11-14)26-2)27-13-19(22)24/h3-11H,12-13H2,1-2H3,(H2,22,24)/b10-8+. The third-order valence-corrected chi connectivity index (χ3v) is 4.09. The number of benzene rings is 2. The number of likely N-dealkylation sites (N-methyl/N-ethyl adjacent to an activating group) is 1. The lowest BCUT2D eigenvalue weighted by Gasteiger charge is -2.16. The second-order valence-electron chi connectivity index (χ2n) is 5.78. The summed E-state index contributed by atoms with van der Waals surface area (Å²) in [6.45, 7) is 0.170. The Kier molecular flexibility index (Phi) is 7.25. The predicted molar refractivity (Wildman–Crippen MR) is 105 cm³/mol. The molecule has 6 nitrogen and oxygen atoms in total. The molecule has 0 aliphatic rings. The molecule has 0 radical (unpaired) electrons. The van der Waals surface area contributed by atoms with Crippen molar-refractivity contribution >= 4 is 29.5 Å². The highest BCUT2D eigenvalue weighted by Crippen LogP contribution is 2.28. The molecule has 27 heavy (non-hydrogen) atoms. The van der Waals surface area contributed by atoms with Crippen molar-refractivity contribution in [3.63, 3.8) is 0 Å². The Hall–Kier alpha value is -2.99. The minimum Gasteiger partial charge on any atom is -0.493 e. The first-order valence-electron chi connectivity index (χ1n) is 8.16. The monoisotopic (exact) mass is 388 g/mol. The molecule has 0 aliphatic heterocycles. The summed E-state index contributed by atoms with van der Waals surface area (Å²) >= 11 is 6.13. The number of amides is 2. The van der Waals surface area contributed by atoms with Gasteiger partial charge in [0.15, 0.2) is 18.1 Å². The number of hydrogen-bond donors (Lipinski definition) is 1. The molecular weight excluding hydrogens is 368 g/mol. The molecule has 0 aliphatic carbocycles. The van der Waals surface area contributed by atoms with Crippen molar-refractivity contribution in [1.29, 1.82) is 0 Å². The van der Waals surface area contributed by atoms with E-state index in [1.54, 1.807) is 42.3 Å². The van der Waals surface area contributed by atoms with Crippen LogP contribution in [0.3, 0.4) is 0 Å². The highest BCUT2D eigenvalue weighted by molar-refractivity contribution is 6.31. The van der Waals surface area contributed by atoms with Gasteiger partial charge < -0.3 is 20.1 Å². The maximum atomic E-state index is 12.3. The molecule has 2 N–H and O–H groups in total. The van der Waals surface area contributed by atoms with E-state index >= 15 is 0 Å². The van der Waals surface area contributed by atoms with Gasteiger partial charge in [-0.15, -0.1) is 0 Å². The van der Waals surface area contributed by atoms with Crippen molar-refractivity contribution in [2.45, 2.75) is 6.54 Å². The fraction of sp³-hybridized carbons (Fsp3) is 0.200. The molecule has 0 aromatic heterocycles. The first-order valence-corrected chi connectivity index (χ1v) is 8.54. The normalized spacial score (nSPS) is 10.6. The van der Waals surface area contributed by atoms with Gasteiger partial charge in [0.05, 0.1) is 7.11 Å². The zero-order valence-electron chi connectivity index (χ0n) is 15.1. The van der Waals surface area contributed by atoms with Crippen LogP contribution in [0.2, 0.25) is 5.02 Å². The summed E-state index contributed by atoms with van der Waals surface area (Å²) in [6, 6.07) is 12.5. The van der Waals surface area contributed by atoms with Gasteiger partial charge in [-0.25, -0.2) is 0 Å². The molecule has 0 spiro atoms. The van der Waals surface area contributed by atoms with Crippen LogP contribution in [0.5, 0.6) is 11.5 Å². The summed E-state index contributed by atoms with van der Waals surface area (Å²) in [7, 11) is 3.19. The van der Waals surface area contributed by atoms with Gasteiger partial charge in [0.1, 0.15) is 0 Å². The lowest BCUT2D eigenvalue weighted by molar-refractivity contribution is -0.125. The van der Waals surface area contributed by atoms with E-state index in [0.717, 1.165) is 11.1 Å². The van der Waals surface area contributed by atoms with Crippen LogP contribution in [-0.2, 0) is 16.1 Å². The van der Waals surface area contributed by atoms with Crippen LogP contribution in [0.25, 0.3) is 6.08 Å². The quantitative estimate of drug-likeness (QED) is 0.705. The lowest BCUT2D eigenvalue weighted by atomic mass is 10.1. The van der Waals surface area contributed by atoms with E-state index in [1.165, 1.54) is 13.2 Å². The number of carbonyl (C=O) groups is 2. The van der Waals surface area contributed by atoms with E-state index in [4.69, 9.17) is 26.8 Å². The van der Waals surface area contributed by atoms with Gasteiger partial charge in [-0.2, -0.15) is 0 Å². The Morgan fingerprint density at radius 1 is 1.19 bits per heavy atom. The molecule has 0 fully saturated rings. The minimum absolute atomic E-state index is 0.164. The predicted octanol–water partition coefficient (Wildman–Crippen LogP) is 2.88. The zero-order chi connectivity index (χ0) is 19.8. The Labute approximate surface area is 163 Å². The number of carbonyl (C=O) groups excluding carboxylic acids is 2. The Morgan fingerprint density at radius 3 is 2.59 bits per heavy atom. The van der Waals surface area contributed by atoms with Crippen LogP contribution in [0.1, 0.15) is 11.1 Å². The Balaban J connectivity index is 2.04. The number of hydrogen-bond acceptors (Lipinski definition) is 4. The molecule has 0 saturated carbocycles. The fourth-order valence-electron chi connectivity index (χ4n) is 2.31. The number of nitrogens with two attached hydrogens (primary N) is 1. The number of primary amides is 1. The van der Waals surface area contributed by atoms with Gasteiger partial charge in [-0.05, 0) is 35.4 Å². The molecule has 2 amide bonds. The third-order valence-electron chi connectivity index (χ3n) is 3.72. The molecule has 0 unspecified atom stereocenters. The van der Waals surface area contributed by atoms with Crippen molar-refractivity contribution in [3.8, 4) is 11.5 Å². The van der Waals surface area contributed by atoms with E-state index in [0.29, 0.717) is 23.1 Å². The largest absolute Gasteiger partial charge is 0.493 e. The van der Waals surface area contributed by atoms with E-state index in [-0.39, 0.29) is 12.5 Å². The maximum Gasteiger partial charge on any atom is 0.255 e. The summed E-state index contributed by atoms with van der Waals surface area (Å²) in [4.78, 5) is 24.7. The van der Waals surface area contributed by atoms with Crippen molar-refractivity contribution < 1.29 is 19.1 Å². The number of methoxy groups -OCH3 is 1. The molecule has 0 heterocycles. The summed E-state index contributed by atoms with van der Waals surface area (Å²) < 4.78 is 10.5. The van der Waals surface area contributed by atoms with Crippen LogP contribution in [-0.4, -0.2) is 37.5 Å². The molecule has 0 atom stereocenters. The van der Waals surface area contributed by atoms with Crippen molar-refractivity contribution in [2.75, 3.05) is 20.8 Å². The second kappa shape index (κ2) is 9.64. The lowest BCUT2D eigenvalue weighted by Crippen LogP contribution is -2.24. The molecule has 2 aromatic carbocycles. The van der Waals surface area contributed by atoms with Crippen LogP contribution < -0.4 is 15.2 Å². The Bertz CT molecular complexity index is 852. The van der Waals surface area contributed by atoms with Gasteiger partial charge in [-0.1, -0.05) is 35.9 Å². The maximum absolute atomic E-state index is 12.3. The van der Waals surface area contributed by atoms with Crippen molar-refractivity contribution in [1.82, 2.24) is 4.90 Å². The first kappa shape index (κ1) is 20.3. The van der Waals surface area contributed by atoms with Gasteiger partial charge in [0.2, 0.25) is 5.91 Å². The molecule has 2 aromatic rings. The van der Waals surface area contributed by atoms with Gasteiger partial charge in [-0.3, -0.25) is 9.59 Å². The SMILES string of the molecule is COc1cc(/C=C/C(=O)N(C)Cc2ccccc2Cl)ccc1OCC(N)=O. The molecular formula is C20H21ClN2O4. The third kappa shape index (κ3) is 6.04. The van der Waals surface area contributed by atoms with Crippen molar-refractivity contribution in [3.05, 3.63) is 64.7 Å². The molecule has 142 valence electrons. The van der Waals surface area contributed by atoms with Crippen LogP contribution in [0.15, 0.2) is 48.5 Å². The number of rotatable bonds is 8. The highest BCUT2D eigenvalue weighted by atomic mass is 35.5. The number of halogens is 1. The van der Waals surface area contributed by atoms with Crippen LogP contribution in [0, 0.1) is 0 Å². The topological polar surface area (TPSA) is 81.9 Å². The van der Waals surface area contributed by atoms with Gasteiger partial charge >= 0.3 is 0 Å². The van der Waals surface area contributed by atoms with Crippen LogP contribution >= 0.6 is 11.6 Å². The summed E-state index contributed by atoms with van der Waals surface area (Å²) in [6.07, 6.45) is 3.14. The second-order valence-corrected chi connectivity index (χ2v) is 6.19. The highest BCUT2D eigenvalue weighted by Gasteiger charge is 2.09. The molecule has 7 heteroatoms. The number of ether oxygens (including phenoxy) is 2. The molecule has 2 rings (SSSR count). The minimum atomic E-state index is -0.576. The average Bonchev–Trinajstić information content (AvgIpc) is 2.66. The first-order chi connectivity index (χ1) is 12.9. The van der Waals surface area contributed by atoms with Gasteiger partial charge in [0, 0.05) is 24.7 Å². The van der Waals surface area contributed by atoms with E-state index in [2.05, 4.69) is 0 Å². The van der Waals surface area contributed by atoms with Gasteiger partial charge in [0.25, 0.3) is 5.91 Å². The summed E-state index contributed by atoms with van der Waals surface area (Å²) in [5.74, 6) is 0.0991. The van der Waals surface area contributed by atoms with E-state index in [9.17, 15) is 9.59 Å². The fourth-order valence-corrected chi connectivity index (χ4v) is 2.51. The van der Waals surface area contributed by atoms with E-state index < -0.39 is 5.91 Å². The van der Waals surface area contributed by atoms with Crippen LogP contribution in [0.4, 0.5) is 0 Å². The molecule has 0 bridgehead atoms. The smallest absolute Gasteiger partial charge is 0.255 e.